The van der Waals surface area contributed by atoms with Gasteiger partial charge in [-0.2, -0.15) is 0 Å². The van der Waals surface area contributed by atoms with E-state index in [0.717, 1.165) is 22.8 Å². The molecule has 0 atom stereocenters. The molecule has 1 amide bonds. The maximum atomic E-state index is 11.4. The van der Waals surface area contributed by atoms with Crippen LogP contribution in [0.4, 0.5) is 5.69 Å². The molecule has 21 heavy (non-hydrogen) atoms. The molecule has 0 radical (unpaired) electrons. The zero-order valence-corrected chi connectivity index (χ0v) is 12.6. The normalized spacial score (nSPS) is 11.3. The Balaban J connectivity index is 2.55. The molecule has 0 aromatic heterocycles. The lowest BCUT2D eigenvalue weighted by molar-refractivity contribution is 0.100. The number of anilines is 1. The lowest BCUT2D eigenvalue weighted by Gasteiger charge is -2.10. The number of benzene rings is 2. The number of hydrogen-bond acceptors (Lipinski definition) is 4. The van der Waals surface area contributed by atoms with Crippen molar-refractivity contribution in [3.63, 3.8) is 0 Å². The van der Waals surface area contributed by atoms with Crippen LogP contribution < -0.4 is 16.9 Å². The summed E-state index contributed by atoms with van der Waals surface area (Å²) in [6.45, 7) is 0. The molecule has 108 valence electrons. The van der Waals surface area contributed by atoms with E-state index >= 15 is 0 Å². The van der Waals surface area contributed by atoms with Gasteiger partial charge in [-0.3, -0.25) is 4.79 Å². The molecule has 0 saturated heterocycles. The van der Waals surface area contributed by atoms with Crippen molar-refractivity contribution in [2.45, 2.75) is 4.90 Å². The molecule has 0 fully saturated rings. The predicted octanol–water partition coefficient (Wildman–Crippen LogP) is -0.303. The molecule has 2 aromatic carbocycles. The summed E-state index contributed by atoms with van der Waals surface area (Å²) in [6, 6.07) is 9.87. The van der Waals surface area contributed by atoms with Gasteiger partial charge >= 0.3 is 0 Å². The maximum Gasteiger partial charge on any atom is 0.250 e. The van der Waals surface area contributed by atoms with Gasteiger partial charge in [0.2, 0.25) is 0 Å². The molecule has 0 spiro atoms. The van der Waals surface area contributed by atoms with Gasteiger partial charge in [-0.1, -0.05) is 23.7 Å². The lowest BCUT2D eigenvalue weighted by Crippen LogP contribution is -2.20. The van der Waals surface area contributed by atoms with Crippen molar-refractivity contribution in [3.05, 3.63) is 42.0 Å². The van der Waals surface area contributed by atoms with Crippen molar-refractivity contribution < 1.29 is 13.2 Å². The molecule has 0 aliphatic heterocycles. The van der Waals surface area contributed by atoms with E-state index in [1.165, 1.54) is 12.1 Å². The molecule has 5 nitrogen and oxygen atoms in total. The number of carbonyl (C=O) groups is 1. The van der Waals surface area contributed by atoms with E-state index < -0.39 is 15.7 Å². The molecule has 0 unspecified atom stereocenters. The van der Waals surface area contributed by atoms with Crippen LogP contribution in [-0.4, -0.2) is 28.4 Å². The first-order chi connectivity index (χ1) is 9.70. The molecular weight excluding hydrogens is 287 g/mol. The van der Waals surface area contributed by atoms with Crippen molar-refractivity contribution in [1.82, 2.24) is 0 Å². The highest BCUT2D eigenvalue weighted by molar-refractivity contribution is 7.90. The Bertz CT molecular complexity index is 815. The molecule has 7 heteroatoms. The minimum atomic E-state index is -3.23. The summed E-state index contributed by atoms with van der Waals surface area (Å²) < 4.78 is 22.9. The molecule has 0 aliphatic carbocycles. The summed E-state index contributed by atoms with van der Waals surface area (Å²) in [4.78, 5) is 11.7. The third-order valence-corrected chi connectivity index (χ3v) is 4.40. The van der Waals surface area contributed by atoms with E-state index in [1.54, 1.807) is 26.0 Å². The van der Waals surface area contributed by atoms with Crippen molar-refractivity contribution in [1.29, 1.82) is 0 Å². The van der Waals surface area contributed by atoms with E-state index in [0.29, 0.717) is 5.69 Å². The first-order valence-electron chi connectivity index (χ1n) is 6.20. The molecule has 2 aromatic rings. The van der Waals surface area contributed by atoms with Crippen molar-refractivity contribution in [2.75, 3.05) is 12.0 Å². The number of nitrogen functional groups attached to an aromatic ring is 1. The third-order valence-electron chi connectivity index (χ3n) is 3.27. The van der Waals surface area contributed by atoms with Crippen LogP contribution >= 0.6 is 0 Å². The topological polar surface area (TPSA) is 103 Å². The molecule has 0 bridgehead atoms. The Morgan fingerprint density at radius 1 is 1.10 bits per heavy atom. The van der Waals surface area contributed by atoms with E-state index in [-0.39, 0.29) is 10.5 Å². The predicted molar refractivity (Wildman–Crippen MR) is 86.1 cm³/mol. The van der Waals surface area contributed by atoms with Gasteiger partial charge in [-0.05, 0) is 29.3 Å². The summed E-state index contributed by atoms with van der Waals surface area (Å²) >= 11 is 0. The van der Waals surface area contributed by atoms with Crippen LogP contribution in [0.2, 0.25) is 0 Å². The first kappa shape index (κ1) is 15.1. The Labute approximate surface area is 124 Å². The van der Waals surface area contributed by atoms with Gasteiger partial charge in [-0.15, -0.1) is 0 Å². The zero-order chi connectivity index (χ0) is 15.8. The largest absolute Gasteiger partial charge is 0.399 e. The smallest absolute Gasteiger partial charge is 0.250 e. The van der Waals surface area contributed by atoms with Gasteiger partial charge in [0.15, 0.2) is 9.84 Å². The van der Waals surface area contributed by atoms with Gasteiger partial charge < -0.3 is 11.5 Å². The Morgan fingerprint density at radius 2 is 1.67 bits per heavy atom. The zero-order valence-electron chi connectivity index (χ0n) is 11.8. The van der Waals surface area contributed by atoms with Gasteiger partial charge in [-0.25, -0.2) is 8.42 Å². The van der Waals surface area contributed by atoms with Crippen LogP contribution in [0, 0.1) is 0 Å². The number of sulfone groups is 1. The minimum Gasteiger partial charge on any atom is -0.399 e. The highest BCUT2D eigenvalue weighted by Crippen LogP contribution is 2.23. The molecular formula is C14H15BN2O3S. The van der Waals surface area contributed by atoms with Gasteiger partial charge in [0.05, 0.1) is 10.5 Å². The monoisotopic (exact) mass is 302 g/mol. The Hall–Kier alpha value is -2.28. The van der Waals surface area contributed by atoms with E-state index in [9.17, 15) is 13.2 Å². The Morgan fingerprint density at radius 3 is 2.14 bits per heavy atom. The first-order valence-corrected chi connectivity index (χ1v) is 8.09. The van der Waals surface area contributed by atoms with E-state index in [2.05, 4.69) is 0 Å². The second-order valence-electron chi connectivity index (χ2n) is 4.92. The molecule has 2 rings (SSSR count). The second-order valence-corrected chi connectivity index (χ2v) is 6.93. The lowest BCUT2D eigenvalue weighted by atomic mass is 9.87. The van der Waals surface area contributed by atoms with Gasteiger partial charge in [0.25, 0.3) is 5.91 Å². The average molecular weight is 302 g/mol. The summed E-state index contributed by atoms with van der Waals surface area (Å²) in [7, 11) is -1.44. The SMILES string of the molecule is Bc1cc(-c2ccc(S(C)(=O)=O)cc2)cc(C(N)=O)c1N. The number of carbonyl (C=O) groups excluding carboxylic acids is 1. The third kappa shape index (κ3) is 3.08. The van der Waals surface area contributed by atoms with E-state index in [1.807, 2.05) is 6.07 Å². The van der Waals surface area contributed by atoms with Gasteiger partial charge in [0.1, 0.15) is 7.85 Å². The fourth-order valence-corrected chi connectivity index (χ4v) is 2.69. The maximum absolute atomic E-state index is 11.4. The number of nitrogens with two attached hydrogens (primary N) is 2. The van der Waals surface area contributed by atoms with Crippen LogP contribution in [0.3, 0.4) is 0 Å². The average Bonchev–Trinajstić information content (AvgIpc) is 2.40. The standard InChI is InChI=1S/C14H15BN2O3S/c1-21(19,20)10-4-2-8(3-5-10)9-6-11(14(17)18)13(16)12(15)7-9/h2-7H,15-16H2,1H3,(H2,17,18). The highest BCUT2D eigenvalue weighted by Gasteiger charge is 2.12. The second kappa shape index (κ2) is 5.25. The quantitative estimate of drug-likeness (QED) is 0.600. The molecule has 0 heterocycles. The number of amides is 1. The fraction of sp³-hybridized carbons (Fsp3) is 0.0714. The van der Waals surface area contributed by atoms with Crippen LogP contribution in [0.15, 0.2) is 41.3 Å². The Kier molecular flexibility index (Phi) is 3.78. The van der Waals surface area contributed by atoms with E-state index in [4.69, 9.17) is 11.5 Å². The van der Waals surface area contributed by atoms with Gasteiger partial charge in [0, 0.05) is 11.9 Å². The number of hydrogen-bond donors (Lipinski definition) is 2. The summed E-state index contributed by atoms with van der Waals surface area (Å²) in [5.41, 5.74) is 14.1. The molecule has 0 saturated carbocycles. The van der Waals surface area contributed by atoms with Crippen LogP contribution in [0.1, 0.15) is 10.4 Å². The minimum absolute atomic E-state index is 0.244. The molecule has 0 aliphatic rings. The summed E-state index contributed by atoms with van der Waals surface area (Å²) in [5.74, 6) is -0.592. The van der Waals surface area contributed by atoms with Crippen LogP contribution in [-0.2, 0) is 9.84 Å². The fourth-order valence-electron chi connectivity index (χ4n) is 2.06. The summed E-state index contributed by atoms with van der Waals surface area (Å²) in [6.07, 6.45) is 1.15. The highest BCUT2D eigenvalue weighted by atomic mass is 32.2. The number of primary amides is 1. The van der Waals surface area contributed by atoms with Crippen LogP contribution in [0.5, 0.6) is 0 Å². The van der Waals surface area contributed by atoms with Crippen molar-refractivity contribution in [2.24, 2.45) is 5.73 Å². The van der Waals surface area contributed by atoms with Crippen molar-refractivity contribution in [3.8, 4) is 11.1 Å². The summed E-state index contributed by atoms with van der Waals surface area (Å²) in [5, 5.41) is 0. The number of rotatable bonds is 3. The van der Waals surface area contributed by atoms with Crippen molar-refractivity contribution >= 4 is 34.7 Å². The van der Waals surface area contributed by atoms with Crippen LogP contribution in [0.25, 0.3) is 11.1 Å². The molecule has 4 N–H and O–H groups in total.